The Kier molecular flexibility index (Phi) is 31.0. The number of Topliss-reactive ketones (excluding diaryl/α,β-unsaturated/α-hetero) is 1. The first-order chi connectivity index (χ1) is 14.2. The second-order valence-electron chi connectivity index (χ2n) is 6.00. The molecule has 0 fully saturated rings. The zero-order valence-corrected chi connectivity index (χ0v) is 20.4. The van der Waals surface area contributed by atoms with Crippen molar-refractivity contribution in [2.45, 2.75) is 87.6 Å². The van der Waals surface area contributed by atoms with Gasteiger partial charge in [-0.15, -0.1) is 0 Å². The lowest BCUT2D eigenvalue weighted by atomic mass is 10.2. The first-order valence-electron chi connectivity index (χ1n) is 11.5. The van der Waals surface area contributed by atoms with E-state index in [0.717, 1.165) is 18.7 Å². The Balaban J connectivity index is -0.000000368. The smallest absolute Gasteiger partial charge is 0.159 e. The molecule has 0 aliphatic rings. The first-order valence-corrected chi connectivity index (χ1v) is 11.5. The van der Waals surface area contributed by atoms with Gasteiger partial charge < -0.3 is 5.32 Å². The van der Waals surface area contributed by atoms with Crippen LogP contribution in [-0.4, -0.2) is 12.3 Å². The molecule has 0 atom stereocenters. The van der Waals surface area contributed by atoms with Crippen LogP contribution in [-0.2, 0) is 6.54 Å². The third kappa shape index (κ3) is 24.0. The molecule has 0 spiro atoms. The van der Waals surface area contributed by atoms with Crippen LogP contribution in [0.1, 0.15) is 97.0 Å². The lowest BCUT2D eigenvalue weighted by Crippen LogP contribution is -2.14. The molecule has 0 aromatic heterocycles. The van der Waals surface area contributed by atoms with Crippen LogP contribution in [0.25, 0.3) is 0 Å². The summed E-state index contributed by atoms with van der Waals surface area (Å²) >= 11 is 0. The number of rotatable bonds is 7. The van der Waals surface area contributed by atoms with E-state index in [1.165, 1.54) is 31.2 Å². The number of unbranched alkanes of at least 4 members (excludes halogenated alkanes) is 2. The number of nitrogens with one attached hydrogen (secondary N) is 1. The molecule has 2 heteroatoms. The SMILES string of the molecule is CC.CC.CC(=O)c1ccccc1.CCC.CCCCCNCc1ccccc1. The van der Waals surface area contributed by atoms with E-state index in [9.17, 15) is 4.79 Å². The van der Waals surface area contributed by atoms with Crippen molar-refractivity contribution in [1.82, 2.24) is 5.32 Å². The van der Waals surface area contributed by atoms with Gasteiger partial charge in [-0.25, -0.2) is 0 Å². The maximum atomic E-state index is 10.6. The molecule has 1 N–H and O–H groups in total. The van der Waals surface area contributed by atoms with Crippen molar-refractivity contribution < 1.29 is 4.79 Å². The molecule has 0 saturated heterocycles. The fourth-order valence-corrected chi connectivity index (χ4v) is 2.00. The topological polar surface area (TPSA) is 29.1 Å². The highest BCUT2D eigenvalue weighted by Crippen LogP contribution is 1.98. The van der Waals surface area contributed by atoms with Gasteiger partial charge in [0.05, 0.1) is 0 Å². The van der Waals surface area contributed by atoms with E-state index < -0.39 is 0 Å². The van der Waals surface area contributed by atoms with E-state index >= 15 is 0 Å². The molecular formula is C27H47NO. The Labute approximate surface area is 182 Å². The number of benzene rings is 2. The molecule has 2 aromatic carbocycles. The lowest BCUT2D eigenvalue weighted by molar-refractivity contribution is 0.101. The van der Waals surface area contributed by atoms with Crippen molar-refractivity contribution in [2.75, 3.05) is 6.54 Å². The molecule has 166 valence electrons. The van der Waals surface area contributed by atoms with Crippen LogP contribution in [0.5, 0.6) is 0 Å². The molecule has 2 rings (SSSR count). The highest BCUT2D eigenvalue weighted by Gasteiger charge is 1.93. The highest BCUT2D eigenvalue weighted by molar-refractivity contribution is 5.93. The van der Waals surface area contributed by atoms with Gasteiger partial charge in [-0.3, -0.25) is 4.79 Å². The van der Waals surface area contributed by atoms with Crippen LogP contribution < -0.4 is 5.32 Å². The van der Waals surface area contributed by atoms with Crippen LogP contribution in [0, 0.1) is 0 Å². The summed E-state index contributed by atoms with van der Waals surface area (Å²) in [5.41, 5.74) is 2.15. The minimum Gasteiger partial charge on any atom is -0.313 e. The Hall–Kier alpha value is -1.93. The Morgan fingerprint density at radius 3 is 1.59 bits per heavy atom. The zero-order valence-electron chi connectivity index (χ0n) is 20.4. The van der Waals surface area contributed by atoms with Crippen LogP contribution >= 0.6 is 0 Å². The quantitative estimate of drug-likeness (QED) is 0.373. The van der Waals surface area contributed by atoms with E-state index in [4.69, 9.17) is 0 Å². The molecule has 0 radical (unpaired) electrons. The Bertz CT molecular complexity index is 523. The predicted octanol–water partition coefficient (Wildman–Crippen LogP) is 8.32. The third-order valence-corrected chi connectivity index (χ3v) is 3.31. The Morgan fingerprint density at radius 1 is 0.759 bits per heavy atom. The summed E-state index contributed by atoms with van der Waals surface area (Å²) in [6, 6.07) is 19.8. The summed E-state index contributed by atoms with van der Waals surface area (Å²) < 4.78 is 0. The number of ketones is 1. The normalized spacial score (nSPS) is 8.41. The van der Waals surface area contributed by atoms with Gasteiger partial charge in [-0.05, 0) is 25.5 Å². The van der Waals surface area contributed by atoms with Crippen LogP contribution in [0.4, 0.5) is 0 Å². The fourth-order valence-electron chi connectivity index (χ4n) is 2.00. The highest BCUT2D eigenvalue weighted by atomic mass is 16.1. The van der Waals surface area contributed by atoms with Crippen LogP contribution in [0.3, 0.4) is 0 Å². The average molecular weight is 402 g/mol. The van der Waals surface area contributed by atoms with Gasteiger partial charge >= 0.3 is 0 Å². The second-order valence-corrected chi connectivity index (χ2v) is 6.00. The van der Waals surface area contributed by atoms with Crippen molar-refractivity contribution in [3.63, 3.8) is 0 Å². The van der Waals surface area contributed by atoms with Gasteiger partial charge in [0, 0.05) is 12.1 Å². The summed E-state index contributed by atoms with van der Waals surface area (Å²) in [5, 5.41) is 3.44. The second kappa shape index (κ2) is 28.3. The number of carbonyl (C=O) groups is 1. The van der Waals surface area contributed by atoms with Gasteiger partial charge in [0.15, 0.2) is 5.78 Å². The standard InChI is InChI=1S/C12H19N.C8H8O.C3H8.2C2H6/c1-2-3-7-10-13-11-12-8-5-4-6-9-12;1-7(9)8-5-3-2-4-6-8;1-3-2;2*1-2/h4-6,8-9,13H,2-3,7,10-11H2,1H3;2-6H,1H3;3H2,1-2H3;2*1-2H3. The van der Waals surface area contributed by atoms with Gasteiger partial charge in [0.25, 0.3) is 0 Å². The molecule has 0 aliphatic heterocycles. The van der Waals surface area contributed by atoms with Crippen molar-refractivity contribution in [2.24, 2.45) is 0 Å². The molecule has 0 unspecified atom stereocenters. The molecule has 0 saturated carbocycles. The zero-order chi connectivity index (χ0) is 22.8. The molecule has 2 aromatic rings. The van der Waals surface area contributed by atoms with Gasteiger partial charge in [-0.2, -0.15) is 0 Å². The lowest BCUT2D eigenvalue weighted by Gasteiger charge is -2.03. The van der Waals surface area contributed by atoms with Gasteiger partial charge in [0.1, 0.15) is 0 Å². The summed E-state index contributed by atoms with van der Waals surface area (Å²) in [6.07, 6.45) is 5.18. The minimum atomic E-state index is 0.121. The average Bonchev–Trinajstić information content (AvgIpc) is 2.79. The van der Waals surface area contributed by atoms with E-state index in [2.05, 4.69) is 56.4 Å². The van der Waals surface area contributed by atoms with Crippen LogP contribution in [0.2, 0.25) is 0 Å². The van der Waals surface area contributed by atoms with Crippen molar-refractivity contribution in [3.8, 4) is 0 Å². The number of hydrogen-bond donors (Lipinski definition) is 1. The maximum absolute atomic E-state index is 10.6. The van der Waals surface area contributed by atoms with Gasteiger partial charge in [0.2, 0.25) is 0 Å². The third-order valence-electron chi connectivity index (χ3n) is 3.31. The summed E-state index contributed by atoms with van der Waals surface area (Å²) in [6.45, 7) is 18.2. The first kappa shape index (κ1) is 31.8. The maximum Gasteiger partial charge on any atom is 0.159 e. The molecule has 0 aliphatic carbocycles. The predicted molar refractivity (Wildman–Crippen MR) is 133 cm³/mol. The van der Waals surface area contributed by atoms with E-state index in [0.29, 0.717) is 0 Å². The fraction of sp³-hybridized carbons (Fsp3) is 0.519. The summed E-state index contributed by atoms with van der Waals surface area (Å²) in [7, 11) is 0. The summed E-state index contributed by atoms with van der Waals surface area (Å²) in [5.74, 6) is 0.121. The minimum absolute atomic E-state index is 0.121. The largest absolute Gasteiger partial charge is 0.313 e. The molecule has 0 bridgehead atoms. The molecule has 0 heterocycles. The van der Waals surface area contributed by atoms with Gasteiger partial charge in [-0.1, -0.05) is 128 Å². The monoisotopic (exact) mass is 401 g/mol. The number of carbonyl (C=O) groups excluding carboxylic acids is 1. The summed E-state index contributed by atoms with van der Waals surface area (Å²) in [4.78, 5) is 10.6. The van der Waals surface area contributed by atoms with Crippen molar-refractivity contribution >= 4 is 5.78 Å². The van der Waals surface area contributed by atoms with E-state index in [1.54, 1.807) is 6.92 Å². The number of hydrogen-bond acceptors (Lipinski definition) is 2. The molecule has 0 amide bonds. The van der Waals surface area contributed by atoms with E-state index in [-0.39, 0.29) is 5.78 Å². The van der Waals surface area contributed by atoms with E-state index in [1.807, 2.05) is 58.0 Å². The Morgan fingerprint density at radius 2 is 1.21 bits per heavy atom. The van der Waals surface area contributed by atoms with Crippen LogP contribution in [0.15, 0.2) is 60.7 Å². The molecular weight excluding hydrogens is 354 g/mol. The molecule has 2 nitrogen and oxygen atoms in total. The van der Waals surface area contributed by atoms with Crippen molar-refractivity contribution in [3.05, 3.63) is 71.8 Å². The molecule has 29 heavy (non-hydrogen) atoms. The van der Waals surface area contributed by atoms with Crippen molar-refractivity contribution in [1.29, 1.82) is 0 Å².